The van der Waals surface area contributed by atoms with Crippen molar-refractivity contribution in [2.75, 3.05) is 5.73 Å². The molecule has 76 valence electrons. The highest BCUT2D eigenvalue weighted by Crippen LogP contribution is 2.08. The van der Waals surface area contributed by atoms with E-state index >= 15 is 0 Å². The van der Waals surface area contributed by atoms with Crippen molar-refractivity contribution >= 4 is 5.69 Å². The molecule has 0 aliphatic heterocycles. The molecule has 4 nitrogen and oxygen atoms in total. The van der Waals surface area contributed by atoms with Crippen LogP contribution < -0.4 is 11.4 Å². The second kappa shape index (κ2) is 3.57. The molecule has 1 heterocycles. The second-order valence-electron chi connectivity index (χ2n) is 3.35. The summed E-state index contributed by atoms with van der Waals surface area (Å²) in [6.45, 7) is 1.87. The first-order valence-electron chi connectivity index (χ1n) is 4.63. The van der Waals surface area contributed by atoms with Gasteiger partial charge in [0.05, 0.1) is 0 Å². The lowest BCUT2D eigenvalue weighted by atomic mass is 10.3. The zero-order valence-electron chi connectivity index (χ0n) is 8.44. The molecule has 1 aromatic heterocycles. The number of nitrogens with zero attached hydrogens (tertiary/aromatic N) is 2. The molecule has 3 N–H and O–H groups in total. The number of aryl methyl sites for hydroxylation is 1. The maximum Gasteiger partial charge on any atom is 0.226 e. The summed E-state index contributed by atoms with van der Waals surface area (Å²) < 4.78 is 1.70. The van der Waals surface area contributed by atoms with Gasteiger partial charge in [-0.25, -0.2) is 4.98 Å². The topological polar surface area (TPSA) is 67.7 Å². The Balaban J connectivity index is 2.55. The van der Waals surface area contributed by atoms with E-state index in [-0.39, 0.29) is 5.62 Å². The molecular formula is C11H12N4. The minimum absolute atomic E-state index is 0.222. The molecule has 0 saturated heterocycles. The summed E-state index contributed by atoms with van der Waals surface area (Å²) in [6.07, 6.45) is 1.83. The average molecular weight is 200 g/mol. The van der Waals surface area contributed by atoms with Crippen molar-refractivity contribution < 1.29 is 0 Å². The van der Waals surface area contributed by atoms with Crippen LogP contribution in [0.15, 0.2) is 36.5 Å². The number of nitrogens with two attached hydrogens (primary N) is 1. The van der Waals surface area contributed by atoms with Gasteiger partial charge in [-0.2, -0.15) is 0 Å². The van der Waals surface area contributed by atoms with Crippen LogP contribution in [0.4, 0.5) is 5.69 Å². The summed E-state index contributed by atoms with van der Waals surface area (Å²) in [6, 6.07) is 9.21. The van der Waals surface area contributed by atoms with Gasteiger partial charge in [0.25, 0.3) is 0 Å². The van der Waals surface area contributed by atoms with Gasteiger partial charge in [0.2, 0.25) is 5.62 Å². The molecule has 2 aromatic rings. The largest absolute Gasteiger partial charge is 0.399 e. The highest BCUT2D eigenvalue weighted by molar-refractivity contribution is 5.44. The number of anilines is 1. The zero-order valence-corrected chi connectivity index (χ0v) is 8.44. The number of rotatable bonds is 1. The van der Waals surface area contributed by atoms with Crippen molar-refractivity contribution in [2.45, 2.75) is 6.92 Å². The van der Waals surface area contributed by atoms with E-state index in [0.29, 0.717) is 5.69 Å². The normalized spacial score (nSPS) is 10.2. The van der Waals surface area contributed by atoms with Gasteiger partial charge in [0.15, 0.2) is 0 Å². The van der Waals surface area contributed by atoms with Gasteiger partial charge in [0.1, 0.15) is 0 Å². The Morgan fingerprint density at radius 1 is 1.20 bits per heavy atom. The van der Waals surface area contributed by atoms with E-state index in [4.69, 9.17) is 11.1 Å². The molecule has 0 fully saturated rings. The van der Waals surface area contributed by atoms with Crippen LogP contribution in [0.5, 0.6) is 0 Å². The van der Waals surface area contributed by atoms with E-state index in [1.54, 1.807) is 4.57 Å². The van der Waals surface area contributed by atoms with Gasteiger partial charge in [-0.3, -0.25) is 9.98 Å². The van der Waals surface area contributed by atoms with E-state index in [9.17, 15) is 0 Å². The van der Waals surface area contributed by atoms with Crippen LogP contribution in [-0.2, 0) is 0 Å². The number of nitrogens with one attached hydrogen (secondary N) is 1. The lowest BCUT2D eigenvalue weighted by molar-refractivity contribution is 0.832. The van der Waals surface area contributed by atoms with Gasteiger partial charge in [-0.15, -0.1) is 0 Å². The van der Waals surface area contributed by atoms with Crippen LogP contribution in [0.1, 0.15) is 5.69 Å². The first kappa shape index (κ1) is 9.45. The van der Waals surface area contributed by atoms with Gasteiger partial charge in [0, 0.05) is 23.3 Å². The minimum atomic E-state index is 0.222. The molecule has 0 aliphatic carbocycles. The van der Waals surface area contributed by atoms with Crippen molar-refractivity contribution in [3.05, 3.63) is 47.8 Å². The first-order chi connectivity index (χ1) is 7.16. The summed E-state index contributed by atoms with van der Waals surface area (Å²) in [7, 11) is 0. The third-order valence-electron chi connectivity index (χ3n) is 2.15. The molecule has 4 heteroatoms. The zero-order chi connectivity index (χ0) is 10.8. The average Bonchev–Trinajstić information content (AvgIpc) is 2.20. The number of nitrogen functional groups attached to an aromatic ring is 1. The third kappa shape index (κ3) is 1.88. The lowest BCUT2D eigenvalue weighted by Crippen LogP contribution is -2.21. The van der Waals surface area contributed by atoms with Crippen LogP contribution in [0.2, 0.25) is 0 Å². The number of hydrogen-bond acceptors (Lipinski definition) is 3. The smallest absolute Gasteiger partial charge is 0.226 e. The predicted molar refractivity (Wildman–Crippen MR) is 58.6 cm³/mol. The van der Waals surface area contributed by atoms with Gasteiger partial charge < -0.3 is 5.73 Å². The number of aromatic nitrogens is 2. The Bertz CT molecular complexity index is 525. The molecule has 15 heavy (non-hydrogen) atoms. The van der Waals surface area contributed by atoms with Crippen molar-refractivity contribution in [3.63, 3.8) is 0 Å². The fraction of sp³-hybridized carbons (Fsp3) is 0.0909. The standard InChI is InChI=1S/C11H12N4/c1-8-6-7-15(11(13)14-8)10-4-2-9(12)3-5-10/h2-7,13H,12H2,1H3. The molecule has 0 aliphatic rings. The monoisotopic (exact) mass is 200 g/mol. The third-order valence-corrected chi connectivity index (χ3v) is 2.15. The van der Waals surface area contributed by atoms with Crippen molar-refractivity contribution in [1.29, 1.82) is 5.41 Å². The minimum Gasteiger partial charge on any atom is -0.399 e. The molecule has 2 rings (SSSR count). The molecule has 0 amide bonds. The van der Waals surface area contributed by atoms with E-state index in [2.05, 4.69) is 4.98 Å². The van der Waals surface area contributed by atoms with E-state index in [1.165, 1.54) is 0 Å². The summed E-state index contributed by atoms with van der Waals surface area (Å²) in [5, 5.41) is 7.72. The summed E-state index contributed by atoms with van der Waals surface area (Å²) in [5.74, 6) is 0. The van der Waals surface area contributed by atoms with Crippen molar-refractivity contribution in [2.24, 2.45) is 0 Å². The van der Waals surface area contributed by atoms with E-state index < -0.39 is 0 Å². The molecule has 0 bridgehead atoms. The molecule has 0 atom stereocenters. The maximum absolute atomic E-state index is 7.72. The van der Waals surface area contributed by atoms with E-state index in [1.807, 2.05) is 43.5 Å². The Morgan fingerprint density at radius 2 is 1.87 bits per heavy atom. The molecule has 0 saturated carbocycles. The quantitative estimate of drug-likeness (QED) is 0.680. The molecule has 0 spiro atoms. The summed E-state index contributed by atoms with van der Waals surface area (Å²) in [4.78, 5) is 4.07. The van der Waals surface area contributed by atoms with Crippen LogP contribution in [-0.4, -0.2) is 9.55 Å². The second-order valence-corrected chi connectivity index (χ2v) is 3.35. The van der Waals surface area contributed by atoms with Crippen LogP contribution in [0.3, 0.4) is 0 Å². The van der Waals surface area contributed by atoms with Gasteiger partial charge >= 0.3 is 0 Å². The lowest BCUT2D eigenvalue weighted by Gasteiger charge is -2.06. The first-order valence-corrected chi connectivity index (χ1v) is 4.63. The van der Waals surface area contributed by atoms with Crippen LogP contribution >= 0.6 is 0 Å². The SMILES string of the molecule is Cc1ccn(-c2ccc(N)cc2)c(=N)n1. The molecular weight excluding hydrogens is 188 g/mol. The molecule has 0 unspecified atom stereocenters. The maximum atomic E-state index is 7.72. The summed E-state index contributed by atoms with van der Waals surface area (Å²) in [5.41, 5.74) is 8.26. The van der Waals surface area contributed by atoms with Crippen molar-refractivity contribution in [3.8, 4) is 5.69 Å². The Hall–Kier alpha value is -2.10. The van der Waals surface area contributed by atoms with Crippen LogP contribution in [0.25, 0.3) is 5.69 Å². The predicted octanol–water partition coefficient (Wildman–Crippen LogP) is 1.24. The van der Waals surface area contributed by atoms with Gasteiger partial charge in [-0.1, -0.05) is 0 Å². The highest BCUT2D eigenvalue weighted by atomic mass is 15.1. The molecule has 0 radical (unpaired) electrons. The highest BCUT2D eigenvalue weighted by Gasteiger charge is 1.97. The Labute approximate surface area is 87.5 Å². The fourth-order valence-corrected chi connectivity index (χ4v) is 1.35. The van der Waals surface area contributed by atoms with Crippen LogP contribution in [0, 0.1) is 12.3 Å². The molecule has 1 aromatic carbocycles. The Morgan fingerprint density at radius 3 is 2.47 bits per heavy atom. The number of benzene rings is 1. The Kier molecular flexibility index (Phi) is 2.25. The number of hydrogen-bond donors (Lipinski definition) is 2. The summed E-state index contributed by atoms with van der Waals surface area (Å²) >= 11 is 0. The van der Waals surface area contributed by atoms with E-state index in [0.717, 1.165) is 11.4 Å². The van der Waals surface area contributed by atoms with Crippen molar-refractivity contribution in [1.82, 2.24) is 9.55 Å². The fourth-order valence-electron chi connectivity index (χ4n) is 1.35. The van der Waals surface area contributed by atoms with Gasteiger partial charge in [-0.05, 0) is 37.3 Å².